The molecule has 1 aliphatic heterocycles. The largest absolute Gasteiger partial charge is 0.486 e. The van der Waals surface area contributed by atoms with E-state index in [0.717, 1.165) is 38.1 Å². The van der Waals surface area contributed by atoms with E-state index in [2.05, 4.69) is 28.4 Å². The highest BCUT2D eigenvalue weighted by Gasteiger charge is 2.44. The van der Waals surface area contributed by atoms with Crippen molar-refractivity contribution in [3.05, 3.63) is 54.3 Å². The highest BCUT2D eigenvalue weighted by molar-refractivity contribution is 5.75. The highest BCUT2D eigenvalue weighted by atomic mass is 16.5. The molecule has 1 aromatic rings. The first-order valence-electron chi connectivity index (χ1n) is 10.5. The van der Waals surface area contributed by atoms with Gasteiger partial charge < -0.3 is 20.1 Å². The molecule has 2 aliphatic rings. The average molecular weight is 399 g/mol. The lowest BCUT2D eigenvalue weighted by Crippen LogP contribution is -2.59. The van der Waals surface area contributed by atoms with Crippen LogP contribution < -0.4 is 10.1 Å². The van der Waals surface area contributed by atoms with Gasteiger partial charge in [0.2, 0.25) is 0 Å². The van der Waals surface area contributed by atoms with E-state index in [0.29, 0.717) is 6.04 Å². The summed E-state index contributed by atoms with van der Waals surface area (Å²) in [5, 5.41) is 13.2. The standard InChI is InChI=1S/C24H34N2O3/c1-23(2,22(27)28)24(3,4)25-18-14-16-26(17-15-18)19-10-12-21(13-11-19)29-20-8-6-5-7-9-20/h5-12,18,21,25H,13-17H2,1-4H3,(H,27,28). The van der Waals surface area contributed by atoms with Crippen molar-refractivity contribution < 1.29 is 14.6 Å². The van der Waals surface area contributed by atoms with Crippen LogP contribution in [0.2, 0.25) is 0 Å². The summed E-state index contributed by atoms with van der Waals surface area (Å²) in [7, 11) is 0. The van der Waals surface area contributed by atoms with Gasteiger partial charge in [0, 0.05) is 36.8 Å². The first kappa shape index (κ1) is 21.4. The van der Waals surface area contributed by atoms with E-state index < -0.39 is 16.9 Å². The predicted molar refractivity (Wildman–Crippen MR) is 116 cm³/mol. The summed E-state index contributed by atoms with van der Waals surface area (Å²) < 4.78 is 6.01. The normalized spacial score (nSPS) is 21.0. The zero-order chi connectivity index (χ0) is 21.1. The molecule has 0 aromatic heterocycles. The monoisotopic (exact) mass is 398 g/mol. The van der Waals surface area contributed by atoms with Crippen LogP contribution in [-0.2, 0) is 4.79 Å². The minimum atomic E-state index is -0.827. The van der Waals surface area contributed by atoms with Gasteiger partial charge in [-0.15, -0.1) is 0 Å². The van der Waals surface area contributed by atoms with Gasteiger partial charge in [-0.05, 0) is 64.8 Å². The summed E-state index contributed by atoms with van der Waals surface area (Å²) in [5.74, 6) is 0.134. The summed E-state index contributed by atoms with van der Waals surface area (Å²) in [6.07, 6.45) is 9.55. The second-order valence-electron chi connectivity index (χ2n) is 9.15. The maximum Gasteiger partial charge on any atom is 0.310 e. The van der Waals surface area contributed by atoms with Crippen LogP contribution in [0.4, 0.5) is 0 Å². The Morgan fingerprint density at radius 3 is 2.34 bits per heavy atom. The van der Waals surface area contributed by atoms with Gasteiger partial charge in [-0.3, -0.25) is 4.79 Å². The number of nitrogens with zero attached hydrogens (tertiary/aromatic N) is 1. The zero-order valence-corrected chi connectivity index (χ0v) is 18.0. The van der Waals surface area contributed by atoms with Crippen LogP contribution >= 0.6 is 0 Å². The van der Waals surface area contributed by atoms with Gasteiger partial charge in [0.1, 0.15) is 11.9 Å². The fraction of sp³-hybridized carbons (Fsp3) is 0.542. The van der Waals surface area contributed by atoms with E-state index in [4.69, 9.17) is 4.74 Å². The van der Waals surface area contributed by atoms with Crippen LogP contribution in [0.25, 0.3) is 0 Å². The number of allylic oxidation sites excluding steroid dienone is 1. The smallest absolute Gasteiger partial charge is 0.310 e. The molecule has 0 spiro atoms. The molecule has 5 heteroatoms. The number of benzene rings is 1. The molecule has 3 rings (SSSR count). The molecular formula is C24H34N2O3. The third-order valence-corrected chi connectivity index (χ3v) is 6.59. The van der Waals surface area contributed by atoms with Crippen molar-refractivity contribution >= 4 is 5.97 Å². The quantitative estimate of drug-likeness (QED) is 0.720. The van der Waals surface area contributed by atoms with Crippen molar-refractivity contribution in [2.45, 2.75) is 64.6 Å². The van der Waals surface area contributed by atoms with Gasteiger partial charge in [-0.2, -0.15) is 0 Å². The summed E-state index contributed by atoms with van der Waals surface area (Å²) in [6.45, 7) is 9.52. The lowest BCUT2D eigenvalue weighted by atomic mass is 9.74. The molecule has 29 heavy (non-hydrogen) atoms. The zero-order valence-electron chi connectivity index (χ0n) is 18.0. The number of nitrogens with one attached hydrogen (secondary N) is 1. The fourth-order valence-electron chi connectivity index (χ4n) is 3.83. The Balaban J connectivity index is 1.49. The Hall–Kier alpha value is -2.27. The van der Waals surface area contributed by atoms with Gasteiger partial charge in [0.15, 0.2) is 0 Å². The fourth-order valence-corrected chi connectivity index (χ4v) is 3.83. The van der Waals surface area contributed by atoms with E-state index in [9.17, 15) is 9.90 Å². The van der Waals surface area contributed by atoms with Gasteiger partial charge in [-0.1, -0.05) is 24.3 Å². The molecule has 1 atom stereocenters. The molecule has 2 N–H and O–H groups in total. The Morgan fingerprint density at radius 1 is 1.14 bits per heavy atom. The number of hydrogen-bond donors (Lipinski definition) is 2. The lowest BCUT2D eigenvalue weighted by Gasteiger charge is -2.44. The third kappa shape index (κ3) is 5.02. The number of aliphatic carboxylic acids is 1. The van der Waals surface area contributed by atoms with Gasteiger partial charge >= 0.3 is 5.97 Å². The summed E-state index contributed by atoms with van der Waals surface area (Å²) >= 11 is 0. The van der Waals surface area contributed by atoms with Crippen molar-refractivity contribution in [1.29, 1.82) is 0 Å². The number of carboxylic acids is 1. The highest BCUT2D eigenvalue weighted by Crippen LogP contribution is 2.32. The van der Waals surface area contributed by atoms with Crippen LogP contribution in [0.1, 0.15) is 47.0 Å². The summed E-state index contributed by atoms with van der Waals surface area (Å²) in [4.78, 5) is 14.1. The van der Waals surface area contributed by atoms with Crippen LogP contribution in [-0.4, -0.2) is 46.7 Å². The number of piperidine rings is 1. The first-order chi connectivity index (χ1) is 13.7. The summed E-state index contributed by atoms with van der Waals surface area (Å²) in [6, 6.07) is 10.3. The van der Waals surface area contributed by atoms with Crippen molar-refractivity contribution in [1.82, 2.24) is 10.2 Å². The molecule has 1 aromatic carbocycles. The molecule has 1 unspecified atom stereocenters. The van der Waals surface area contributed by atoms with E-state index in [1.165, 1.54) is 5.70 Å². The molecule has 5 nitrogen and oxygen atoms in total. The predicted octanol–water partition coefficient (Wildman–Crippen LogP) is 4.22. The molecule has 1 heterocycles. The second kappa shape index (κ2) is 8.62. The molecule has 0 bridgehead atoms. The Bertz CT molecular complexity index is 760. The van der Waals surface area contributed by atoms with Crippen LogP contribution in [0.15, 0.2) is 54.3 Å². The molecule has 0 radical (unpaired) electrons. The third-order valence-electron chi connectivity index (χ3n) is 6.59. The lowest BCUT2D eigenvalue weighted by molar-refractivity contribution is -0.151. The minimum Gasteiger partial charge on any atom is -0.486 e. The van der Waals surface area contributed by atoms with E-state index in [1.807, 2.05) is 44.2 Å². The number of hydrogen-bond acceptors (Lipinski definition) is 4. The first-order valence-corrected chi connectivity index (χ1v) is 10.5. The Morgan fingerprint density at radius 2 is 1.79 bits per heavy atom. The van der Waals surface area contributed by atoms with E-state index >= 15 is 0 Å². The molecular weight excluding hydrogens is 364 g/mol. The number of carboxylic acid groups (broad SMARTS) is 1. The van der Waals surface area contributed by atoms with Gasteiger partial charge in [0.25, 0.3) is 0 Å². The number of rotatable bonds is 7. The maximum absolute atomic E-state index is 11.6. The Kier molecular flexibility index (Phi) is 6.37. The van der Waals surface area contributed by atoms with Crippen LogP contribution in [0.5, 0.6) is 5.75 Å². The molecule has 1 saturated heterocycles. The summed E-state index contributed by atoms with van der Waals surface area (Å²) in [5.41, 5.74) is -0.0361. The van der Waals surface area contributed by atoms with E-state index in [1.54, 1.807) is 13.8 Å². The topological polar surface area (TPSA) is 61.8 Å². The average Bonchev–Trinajstić information content (AvgIpc) is 2.69. The molecule has 0 amide bonds. The van der Waals surface area contributed by atoms with Crippen LogP contribution in [0.3, 0.4) is 0 Å². The van der Waals surface area contributed by atoms with Crippen molar-refractivity contribution in [3.63, 3.8) is 0 Å². The molecule has 0 saturated carbocycles. The number of likely N-dealkylation sites (tertiary alicyclic amines) is 1. The second-order valence-corrected chi connectivity index (χ2v) is 9.15. The molecule has 1 aliphatic carbocycles. The number of ether oxygens (including phenoxy) is 1. The van der Waals surface area contributed by atoms with Crippen LogP contribution in [0, 0.1) is 5.41 Å². The minimum absolute atomic E-state index is 0.0828. The maximum atomic E-state index is 11.6. The van der Waals surface area contributed by atoms with Gasteiger partial charge in [0.05, 0.1) is 5.41 Å². The van der Waals surface area contributed by atoms with Crippen molar-refractivity contribution in [2.75, 3.05) is 13.1 Å². The SMILES string of the molecule is CC(C)(NC1CCN(C2=CCC(Oc3ccccc3)C=C2)CC1)C(C)(C)C(=O)O. The van der Waals surface area contributed by atoms with Gasteiger partial charge in [-0.25, -0.2) is 0 Å². The number of carbonyl (C=O) groups is 1. The molecule has 158 valence electrons. The Labute approximate surface area is 174 Å². The van der Waals surface area contributed by atoms with E-state index in [-0.39, 0.29) is 6.10 Å². The number of para-hydroxylation sites is 1. The molecule has 1 fully saturated rings. The van der Waals surface area contributed by atoms with Crippen molar-refractivity contribution in [3.8, 4) is 5.75 Å². The van der Waals surface area contributed by atoms with Crippen molar-refractivity contribution in [2.24, 2.45) is 5.41 Å².